The Morgan fingerprint density at radius 3 is 2.88 bits per heavy atom. The predicted molar refractivity (Wildman–Crippen MR) is 79.9 cm³/mol. The van der Waals surface area contributed by atoms with Crippen molar-refractivity contribution in [3.63, 3.8) is 0 Å². The molecule has 0 N–H and O–H groups in total. The quantitative estimate of drug-likeness (QED) is 0.704. The maximum Gasteiger partial charge on any atom is 0.103 e. The fourth-order valence-corrected chi connectivity index (χ4v) is 3.84. The van der Waals surface area contributed by atoms with Crippen LogP contribution < -0.4 is 0 Å². The van der Waals surface area contributed by atoms with E-state index in [0.717, 1.165) is 10.2 Å². The van der Waals surface area contributed by atoms with E-state index in [1.54, 1.807) is 11.3 Å². The van der Waals surface area contributed by atoms with Gasteiger partial charge in [0, 0.05) is 14.7 Å². The molecule has 2 rings (SSSR count). The normalized spacial score (nSPS) is 11.1. The monoisotopic (exact) mass is 327 g/mol. The largest absolute Gasteiger partial charge is 0.245 e. The van der Waals surface area contributed by atoms with E-state index in [4.69, 9.17) is 0 Å². The van der Waals surface area contributed by atoms with Gasteiger partial charge in [0.15, 0.2) is 0 Å². The minimum Gasteiger partial charge on any atom is -0.245 e. The maximum atomic E-state index is 4.63. The number of nitrogens with zero attached hydrogens (tertiary/aromatic N) is 1. The Labute approximate surface area is 119 Å². The summed E-state index contributed by atoms with van der Waals surface area (Å²) in [6, 6.07) is 8.38. The van der Waals surface area contributed by atoms with E-state index in [0.29, 0.717) is 5.92 Å². The molecule has 0 spiro atoms. The van der Waals surface area contributed by atoms with Gasteiger partial charge in [-0.3, -0.25) is 0 Å². The maximum absolute atomic E-state index is 4.63. The van der Waals surface area contributed by atoms with E-state index < -0.39 is 0 Å². The van der Waals surface area contributed by atoms with Crippen molar-refractivity contribution in [2.45, 2.75) is 30.4 Å². The van der Waals surface area contributed by atoms with Crippen LogP contribution in [0.15, 0.2) is 39.0 Å². The van der Waals surface area contributed by atoms with Crippen molar-refractivity contribution in [3.05, 3.63) is 44.8 Å². The highest BCUT2D eigenvalue weighted by Gasteiger charge is 2.06. The molecule has 17 heavy (non-hydrogen) atoms. The van der Waals surface area contributed by atoms with Gasteiger partial charge in [-0.25, -0.2) is 4.98 Å². The van der Waals surface area contributed by atoms with Crippen LogP contribution in [0, 0.1) is 0 Å². The van der Waals surface area contributed by atoms with Crippen LogP contribution in [0.3, 0.4) is 0 Å². The predicted octanol–water partition coefficient (Wildman–Crippen LogP) is 5.32. The molecule has 0 aliphatic carbocycles. The van der Waals surface area contributed by atoms with E-state index in [-0.39, 0.29) is 0 Å². The fourth-order valence-electron chi connectivity index (χ4n) is 1.36. The molecule has 0 unspecified atom stereocenters. The molecule has 90 valence electrons. The first-order chi connectivity index (χ1) is 8.15. The molecule has 0 saturated carbocycles. The van der Waals surface area contributed by atoms with Crippen LogP contribution in [0.25, 0.3) is 0 Å². The van der Waals surface area contributed by atoms with Crippen LogP contribution in [0.1, 0.15) is 30.5 Å². The van der Waals surface area contributed by atoms with Gasteiger partial charge in [-0.1, -0.05) is 35.8 Å². The van der Waals surface area contributed by atoms with Crippen molar-refractivity contribution in [3.8, 4) is 0 Å². The summed E-state index contributed by atoms with van der Waals surface area (Å²) in [5.74, 6) is 1.48. The van der Waals surface area contributed by atoms with Gasteiger partial charge < -0.3 is 0 Å². The first-order valence-corrected chi connectivity index (χ1v) is 8.13. The first kappa shape index (κ1) is 13.1. The van der Waals surface area contributed by atoms with E-state index in [1.807, 2.05) is 17.8 Å². The summed E-state index contributed by atoms with van der Waals surface area (Å²) in [5.41, 5.74) is 1.21. The zero-order valence-corrected chi connectivity index (χ0v) is 13.0. The van der Waals surface area contributed by atoms with Crippen LogP contribution in [0.5, 0.6) is 0 Å². The topological polar surface area (TPSA) is 12.9 Å². The van der Waals surface area contributed by atoms with Crippen LogP contribution in [0.2, 0.25) is 0 Å². The third-order valence-corrected chi connectivity index (χ3v) is 4.87. The van der Waals surface area contributed by atoms with Crippen molar-refractivity contribution in [2.24, 2.45) is 0 Å². The molecule has 0 aliphatic heterocycles. The molecule has 0 aliphatic rings. The van der Waals surface area contributed by atoms with Gasteiger partial charge in [-0.05, 0) is 24.1 Å². The van der Waals surface area contributed by atoms with Crippen molar-refractivity contribution < 1.29 is 0 Å². The number of aromatic nitrogens is 1. The zero-order valence-electron chi connectivity index (χ0n) is 9.81. The minimum absolute atomic E-state index is 0.524. The summed E-state index contributed by atoms with van der Waals surface area (Å²) in [7, 11) is 0. The van der Waals surface area contributed by atoms with Crippen LogP contribution in [-0.4, -0.2) is 4.98 Å². The van der Waals surface area contributed by atoms with Crippen molar-refractivity contribution in [2.75, 3.05) is 0 Å². The lowest BCUT2D eigenvalue weighted by Gasteiger charge is -2.00. The third kappa shape index (κ3) is 3.83. The molecule has 1 aromatic carbocycles. The third-order valence-electron chi connectivity index (χ3n) is 2.32. The molecule has 1 heterocycles. The number of rotatable bonds is 4. The van der Waals surface area contributed by atoms with Crippen molar-refractivity contribution in [1.29, 1.82) is 0 Å². The van der Waals surface area contributed by atoms with Crippen molar-refractivity contribution >= 4 is 39.0 Å². The average molecular weight is 328 g/mol. The summed E-state index contributed by atoms with van der Waals surface area (Å²) < 4.78 is 1.13. The summed E-state index contributed by atoms with van der Waals surface area (Å²) in [4.78, 5) is 5.91. The lowest BCUT2D eigenvalue weighted by molar-refractivity contribution is 0.828. The van der Waals surface area contributed by atoms with Gasteiger partial charge in [-0.2, -0.15) is 0 Å². The molecule has 2 aromatic rings. The van der Waals surface area contributed by atoms with Crippen LogP contribution in [0.4, 0.5) is 0 Å². The summed E-state index contributed by atoms with van der Waals surface area (Å²) >= 11 is 7.07. The molecule has 0 radical (unpaired) electrons. The first-order valence-electron chi connectivity index (χ1n) is 5.48. The lowest BCUT2D eigenvalue weighted by Crippen LogP contribution is -1.87. The highest BCUT2D eigenvalue weighted by atomic mass is 79.9. The molecule has 0 saturated heterocycles. The zero-order chi connectivity index (χ0) is 12.3. The lowest BCUT2D eigenvalue weighted by atomic mass is 10.2. The molecular formula is C13H14BrNS2. The number of hydrogen-bond donors (Lipinski definition) is 0. The second-order valence-electron chi connectivity index (χ2n) is 4.07. The number of benzene rings is 1. The summed E-state index contributed by atoms with van der Waals surface area (Å²) in [6.45, 7) is 4.36. The van der Waals surface area contributed by atoms with Gasteiger partial charge in [0.2, 0.25) is 0 Å². The molecule has 0 atom stereocenters. The molecule has 1 nitrogen and oxygen atoms in total. The number of hydrogen-bond acceptors (Lipinski definition) is 3. The minimum atomic E-state index is 0.524. The Bertz CT molecular complexity index is 494. The van der Waals surface area contributed by atoms with E-state index in [2.05, 4.69) is 58.3 Å². The molecule has 0 amide bonds. The fraction of sp³-hybridized carbons (Fsp3) is 0.308. The number of thioether (sulfide) groups is 1. The van der Waals surface area contributed by atoms with Gasteiger partial charge in [0.05, 0.1) is 11.4 Å². The number of halogens is 1. The Hall–Kier alpha value is -0.320. The van der Waals surface area contributed by atoms with Gasteiger partial charge in [-0.15, -0.1) is 23.1 Å². The smallest absolute Gasteiger partial charge is 0.103 e. The number of thiazole rings is 1. The Morgan fingerprint density at radius 2 is 2.24 bits per heavy atom. The standard InChI is InChI=1S/C13H14BrNS2/c1-9(2)12-7-17-13(15-12)8-16-11-5-3-4-10(14)6-11/h3-7,9H,8H2,1-2H3. The summed E-state index contributed by atoms with van der Waals surface area (Å²) in [5, 5.41) is 3.38. The van der Waals surface area contributed by atoms with Crippen LogP contribution in [-0.2, 0) is 5.75 Å². The van der Waals surface area contributed by atoms with Gasteiger partial charge in [0.25, 0.3) is 0 Å². The molecule has 4 heteroatoms. The SMILES string of the molecule is CC(C)c1csc(CSc2cccc(Br)c2)n1. The van der Waals surface area contributed by atoms with E-state index in [1.165, 1.54) is 15.6 Å². The summed E-state index contributed by atoms with van der Waals surface area (Å²) in [6.07, 6.45) is 0. The van der Waals surface area contributed by atoms with E-state index >= 15 is 0 Å². The van der Waals surface area contributed by atoms with E-state index in [9.17, 15) is 0 Å². The Kier molecular flexibility index (Phi) is 4.65. The van der Waals surface area contributed by atoms with Gasteiger partial charge in [0.1, 0.15) is 5.01 Å². The molecular weight excluding hydrogens is 314 g/mol. The highest BCUT2D eigenvalue weighted by molar-refractivity contribution is 9.10. The average Bonchev–Trinajstić information content (AvgIpc) is 2.75. The molecule has 0 fully saturated rings. The Balaban J connectivity index is 1.97. The second kappa shape index (κ2) is 6.03. The highest BCUT2D eigenvalue weighted by Crippen LogP contribution is 2.27. The van der Waals surface area contributed by atoms with Gasteiger partial charge >= 0.3 is 0 Å². The Morgan fingerprint density at radius 1 is 1.41 bits per heavy atom. The van der Waals surface area contributed by atoms with Crippen LogP contribution >= 0.6 is 39.0 Å². The molecule has 0 bridgehead atoms. The molecule has 1 aromatic heterocycles. The second-order valence-corrected chi connectivity index (χ2v) is 6.97. The van der Waals surface area contributed by atoms with Crippen molar-refractivity contribution in [1.82, 2.24) is 4.98 Å².